The number of rotatable bonds is 5. The Morgan fingerprint density at radius 1 is 0.958 bits per heavy atom. The molecule has 0 bridgehead atoms. The molecule has 126 valence electrons. The highest BCUT2D eigenvalue weighted by molar-refractivity contribution is 5.87. The van der Waals surface area contributed by atoms with E-state index in [-0.39, 0.29) is 23.4 Å². The second kappa shape index (κ2) is 7.68. The van der Waals surface area contributed by atoms with Crippen LogP contribution in [0.1, 0.15) is 37.8 Å². The molecule has 4 nitrogen and oxygen atoms in total. The number of esters is 1. The van der Waals surface area contributed by atoms with Crippen LogP contribution in [0.3, 0.4) is 0 Å². The summed E-state index contributed by atoms with van der Waals surface area (Å²) in [7, 11) is 0. The molecule has 1 atom stereocenters. The number of aromatic hydroxyl groups is 2. The molecule has 0 saturated heterocycles. The molecule has 24 heavy (non-hydrogen) atoms. The molecular formula is C20H22O4. The zero-order chi connectivity index (χ0) is 17.7. The molecule has 0 heterocycles. The average molecular weight is 326 g/mol. The molecule has 4 heteroatoms. The zero-order valence-electron chi connectivity index (χ0n) is 14.1. The predicted octanol–water partition coefficient (Wildman–Crippen LogP) is 4.13. The third kappa shape index (κ3) is 4.16. The Balaban J connectivity index is 2.36. The number of phenols is 2. The Labute approximate surface area is 142 Å². The lowest BCUT2D eigenvalue weighted by atomic mass is 9.87. The van der Waals surface area contributed by atoms with Crippen LogP contribution in [0.2, 0.25) is 0 Å². The first kappa shape index (κ1) is 17.6. The van der Waals surface area contributed by atoms with Gasteiger partial charge in [0.1, 0.15) is 17.6 Å². The highest BCUT2D eigenvalue weighted by Crippen LogP contribution is 2.32. The molecule has 0 spiro atoms. The molecule has 0 radical (unpaired) electrons. The molecule has 0 aliphatic rings. The Kier molecular flexibility index (Phi) is 5.64. The normalized spacial score (nSPS) is 12.9. The van der Waals surface area contributed by atoms with Gasteiger partial charge in [0, 0.05) is 11.5 Å². The first-order valence-corrected chi connectivity index (χ1v) is 7.84. The van der Waals surface area contributed by atoms with Gasteiger partial charge in [0.15, 0.2) is 0 Å². The van der Waals surface area contributed by atoms with Gasteiger partial charge in [-0.25, -0.2) is 4.79 Å². The summed E-state index contributed by atoms with van der Waals surface area (Å²) in [6.07, 6.45) is 1.30. The quantitative estimate of drug-likeness (QED) is 0.640. The van der Waals surface area contributed by atoms with E-state index in [2.05, 4.69) is 0 Å². The van der Waals surface area contributed by atoms with Gasteiger partial charge >= 0.3 is 5.97 Å². The van der Waals surface area contributed by atoms with Crippen LogP contribution in [0.25, 0.3) is 0 Å². The van der Waals surface area contributed by atoms with Gasteiger partial charge in [0.2, 0.25) is 0 Å². The number of benzene rings is 2. The number of carbonyl (C=O) groups is 1. The van der Waals surface area contributed by atoms with Gasteiger partial charge in [-0.05, 0) is 56.2 Å². The Morgan fingerprint density at radius 3 is 1.75 bits per heavy atom. The second-order valence-electron chi connectivity index (χ2n) is 5.74. The minimum Gasteiger partial charge on any atom is -0.508 e. The van der Waals surface area contributed by atoms with Crippen LogP contribution in [0, 0.1) is 0 Å². The Morgan fingerprint density at radius 2 is 1.38 bits per heavy atom. The molecule has 2 rings (SSSR count). The van der Waals surface area contributed by atoms with Crippen molar-refractivity contribution in [3.05, 3.63) is 71.3 Å². The third-order valence-corrected chi connectivity index (χ3v) is 4.02. The van der Waals surface area contributed by atoms with Gasteiger partial charge in [-0.2, -0.15) is 0 Å². The molecule has 2 aromatic carbocycles. The molecule has 2 aromatic rings. The van der Waals surface area contributed by atoms with Crippen molar-refractivity contribution in [2.75, 3.05) is 0 Å². The van der Waals surface area contributed by atoms with Crippen LogP contribution >= 0.6 is 0 Å². The van der Waals surface area contributed by atoms with Crippen LogP contribution < -0.4 is 0 Å². The molecule has 1 unspecified atom stereocenters. The fourth-order valence-electron chi connectivity index (χ4n) is 2.55. The van der Waals surface area contributed by atoms with E-state index in [0.29, 0.717) is 5.57 Å². The van der Waals surface area contributed by atoms with Crippen LogP contribution in [-0.2, 0) is 9.53 Å². The number of hydrogen-bond acceptors (Lipinski definition) is 4. The van der Waals surface area contributed by atoms with E-state index < -0.39 is 6.10 Å². The largest absolute Gasteiger partial charge is 0.508 e. The van der Waals surface area contributed by atoms with E-state index in [0.717, 1.165) is 11.1 Å². The number of carbonyl (C=O) groups excluding carboxylic acids is 1. The SMILES string of the molecule is CC=C(C)C(=O)OC(C)C(c1ccc(O)cc1)c1ccc(O)cc1. The molecule has 0 aliphatic heterocycles. The van der Waals surface area contributed by atoms with Crippen molar-refractivity contribution < 1.29 is 19.7 Å². The van der Waals surface area contributed by atoms with E-state index in [4.69, 9.17) is 4.74 Å². The second-order valence-corrected chi connectivity index (χ2v) is 5.74. The summed E-state index contributed by atoms with van der Waals surface area (Å²) < 4.78 is 5.60. The lowest BCUT2D eigenvalue weighted by Crippen LogP contribution is -2.24. The van der Waals surface area contributed by atoms with Crippen molar-refractivity contribution in [3.8, 4) is 11.5 Å². The van der Waals surface area contributed by atoms with Gasteiger partial charge in [-0.1, -0.05) is 30.3 Å². The van der Waals surface area contributed by atoms with Crippen molar-refractivity contribution >= 4 is 5.97 Å². The average Bonchev–Trinajstić information content (AvgIpc) is 2.57. The minimum absolute atomic E-state index is 0.178. The lowest BCUT2D eigenvalue weighted by molar-refractivity contribution is -0.144. The molecular weight excluding hydrogens is 304 g/mol. The standard InChI is InChI=1S/C20H22O4/c1-4-13(2)20(23)24-14(3)19(15-5-9-17(21)10-6-15)16-7-11-18(22)12-8-16/h4-12,14,19,21-22H,1-3H3. The number of hydrogen-bond donors (Lipinski definition) is 2. The highest BCUT2D eigenvalue weighted by atomic mass is 16.5. The van der Waals surface area contributed by atoms with Crippen LogP contribution in [0.15, 0.2) is 60.2 Å². The van der Waals surface area contributed by atoms with Crippen LogP contribution in [-0.4, -0.2) is 22.3 Å². The minimum atomic E-state index is -0.415. The van der Waals surface area contributed by atoms with E-state index in [1.54, 1.807) is 68.5 Å². The summed E-state index contributed by atoms with van der Waals surface area (Å²) in [5.41, 5.74) is 2.38. The van der Waals surface area contributed by atoms with E-state index >= 15 is 0 Å². The topological polar surface area (TPSA) is 66.8 Å². The third-order valence-electron chi connectivity index (χ3n) is 4.02. The smallest absolute Gasteiger partial charge is 0.333 e. The number of allylic oxidation sites excluding steroid dienone is 1. The van der Waals surface area contributed by atoms with Crippen molar-refractivity contribution in [3.63, 3.8) is 0 Å². The molecule has 0 saturated carbocycles. The predicted molar refractivity (Wildman–Crippen MR) is 93.0 cm³/mol. The van der Waals surface area contributed by atoms with E-state index in [9.17, 15) is 15.0 Å². The van der Waals surface area contributed by atoms with Crippen molar-refractivity contribution in [2.24, 2.45) is 0 Å². The summed E-state index contributed by atoms with van der Waals surface area (Å²) in [6, 6.07) is 13.6. The summed E-state index contributed by atoms with van der Waals surface area (Å²) in [6.45, 7) is 5.34. The highest BCUT2D eigenvalue weighted by Gasteiger charge is 2.25. The summed E-state index contributed by atoms with van der Waals surface area (Å²) >= 11 is 0. The fourth-order valence-corrected chi connectivity index (χ4v) is 2.55. The van der Waals surface area contributed by atoms with Crippen LogP contribution in [0.5, 0.6) is 11.5 Å². The van der Waals surface area contributed by atoms with Gasteiger partial charge in [0.05, 0.1) is 0 Å². The van der Waals surface area contributed by atoms with E-state index in [1.165, 1.54) is 0 Å². The van der Waals surface area contributed by atoms with Crippen LogP contribution in [0.4, 0.5) is 0 Å². The molecule has 2 N–H and O–H groups in total. The maximum atomic E-state index is 12.1. The van der Waals surface area contributed by atoms with Gasteiger partial charge in [-0.3, -0.25) is 0 Å². The van der Waals surface area contributed by atoms with Crippen molar-refractivity contribution in [2.45, 2.75) is 32.8 Å². The van der Waals surface area contributed by atoms with Crippen molar-refractivity contribution in [1.29, 1.82) is 0 Å². The lowest BCUT2D eigenvalue weighted by Gasteiger charge is -2.25. The Hall–Kier alpha value is -2.75. The number of ether oxygens (including phenoxy) is 1. The molecule has 0 amide bonds. The first-order chi connectivity index (χ1) is 11.4. The maximum Gasteiger partial charge on any atom is 0.333 e. The monoisotopic (exact) mass is 326 g/mol. The molecule has 0 aliphatic carbocycles. The molecule has 0 aromatic heterocycles. The molecule has 0 fully saturated rings. The maximum absolute atomic E-state index is 12.1. The van der Waals surface area contributed by atoms with Gasteiger partial charge in [-0.15, -0.1) is 0 Å². The fraction of sp³-hybridized carbons (Fsp3) is 0.250. The number of phenolic OH excluding ortho intramolecular Hbond substituents is 2. The summed E-state index contributed by atoms with van der Waals surface area (Å²) in [5.74, 6) is -0.206. The van der Waals surface area contributed by atoms with Crippen molar-refractivity contribution in [1.82, 2.24) is 0 Å². The summed E-state index contributed by atoms with van der Waals surface area (Å²) in [5, 5.41) is 19.0. The van der Waals surface area contributed by atoms with Gasteiger partial charge < -0.3 is 14.9 Å². The van der Waals surface area contributed by atoms with E-state index in [1.807, 2.05) is 6.92 Å². The zero-order valence-corrected chi connectivity index (χ0v) is 14.1. The first-order valence-electron chi connectivity index (χ1n) is 7.84. The summed E-state index contributed by atoms with van der Waals surface area (Å²) in [4.78, 5) is 12.1. The van der Waals surface area contributed by atoms with Gasteiger partial charge in [0.25, 0.3) is 0 Å². The Bertz CT molecular complexity index is 669.